The van der Waals surface area contributed by atoms with Crippen molar-refractivity contribution >= 4 is 12.0 Å². The number of urea groups is 1. The van der Waals surface area contributed by atoms with Crippen molar-refractivity contribution in [3.63, 3.8) is 0 Å². The summed E-state index contributed by atoms with van der Waals surface area (Å²) in [5, 5.41) is 18.9. The number of carbonyl (C=O) groups is 2. The van der Waals surface area contributed by atoms with Crippen molar-refractivity contribution in [1.29, 1.82) is 0 Å². The van der Waals surface area contributed by atoms with Crippen molar-refractivity contribution in [3.8, 4) is 0 Å². The predicted molar refractivity (Wildman–Crippen MR) is 80.1 cm³/mol. The van der Waals surface area contributed by atoms with Crippen molar-refractivity contribution in [2.24, 2.45) is 0 Å². The maximum atomic E-state index is 12.7. The van der Waals surface area contributed by atoms with Crippen molar-refractivity contribution in [2.75, 3.05) is 13.6 Å². The van der Waals surface area contributed by atoms with Crippen LogP contribution in [-0.2, 0) is 4.79 Å². The number of hydrogen-bond donors (Lipinski definition) is 2. The molecule has 0 spiro atoms. The van der Waals surface area contributed by atoms with Crippen LogP contribution in [0, 0.1) is 0 Å². The number of nitrogens with zero attached hydrogens (tertiary/aromatic N) is 2. The summed E-state index contributed by atoms with van der Waals surface area (Å²) in [5.41, 5.74) is -0.458. The van der Waals surface area contributed by atoms with Crippen LogP contribution in [0.15, 0.2) is 0 Å². The SMILES string of the molecule is CN(C(=O)N(CCC(=O)O)C(C)(C)C)C1CCCCC1O. The fourth-order valence-corrected chi connectivity index (χ4v) is 2.80. The Kier molecular flexibility index (Phi) is 6.01. The highest BCUT2D eigenvalue weighted by Gasteiger charge is 2.35. The Balaban J connectivity index is 2.80. The molecule has 6 heteroatoms. The van der Waals surface area contributed by atoms with Gasteiger partial charge in [0.15, 0.2) is 0 Å². The molecule has 0 aliphatic heterocycles. The van der Waals surface area contributed by atoms with Crippen molar-refractivity contribution in [1.82, 2.24) is 9.80 Å². The highest BCUT2D eigenvalue weighted by atomic mass is 16.4. The summed E-state index contributed by atoms with van der Waals surface area (Å²) in [6, 6.07) is -0.393. The molecule has 0 aromatic rings. The number of rotatable bonds is 4. The maximum absolute atomic E-state index is 12.7. The number of aliphatic carboxylic acids is 1. The zero-order valence-electron chi connectivity index (χ0n) is 13.5. The topological polar surface area (TPSA) is 81.1 Å². The Labute approximate surface area is 126 Å². The smallest absolute Gasteiger partial charge is 0.320 e. The van der Waals surface area contributed by atoms with Crippen LogP contribution in [0.25, 0.3) is 0 Å². The second-order valence-corrected chi connectivity index (χ2v) is 6.78. The average Bonchev–Trinajstić information content (AvgIpc) is 2.36. The Morgan fingerprint density at radius 3 is 2.24 bits per heavy atom. The number of aliphatic hydroxyl groups is 1. The standard InChI is InChI=1S/C15H28N2O4/c1-15(2,3)17(10-9-13(19)20)14(21)16(4)11-7-5-6-8-12(11)18/h11-12,18H,5-10H2,1-4H3,(H,19,20). The molecule has 0 saturated heterocycles. The van der Waals surface area contributed by atoms with E-state index in [0.717, 1.165) is 19.3 Å². The van der Waals surface area contributed by atoms with Gasteiger partial charge in [0.1, 0.15) is 0 Å². The average molecular weight is 300 g/mol. The molecule has 2 amide bonds. The summed E-state index contributed by atoms with van der Waals surface area (Å²) in [6.07, 6.45) is 2.93. The molecule has 2 N–H and O–H groups in total. The molecular weight excluding hydrogens is 272 g/mol. The second-order valence-electron chi connectivity index (χ2n) is 6.78. The van der Waals surface area contributed by atoms with Gasteiger partial charge in [-0.2, -0.15) is 0 Å². The van der Waals surface area contributed by atoms with E-state index < -0.39 is 17.6 Å². The normalized spacial score (nSPS) is 22.7. The highest BCUT2D eigenvalue weighted by molar-refractivity contribution is 5.76. The molecule has 1 fully saturated rings. The van der Waals surface area contributed by atoms with E-state index >= 15 is 0 Å². The highest BCUT2D eigenvalue weighted by Crippen LogP contribution is 2.25. The van der Waals surface area contributed by atoms with Crippen LogP contribution in [0.1, 0.15) is 52.9 Å². The van der Waals surface area contributed by atoms with Gasteiger partial charge in [0.25, 0.3) is 0 Å². The van der Waals surface area contributed by atoms with Gasteiger partial charge >= 0.3 is 12.0 Å². The van der Waals surface area contributed by atoms with E-state index in [9.17, 15) is 14.7 Å². The van der Waals surface area contributed by atoms with E-state index in [2.05, 4.69) is 0 Å². The minimum atomic E-state index is -0.919. The van der Waals surface area contributed by atoms with Gasteiger partial charge in [-0.3, -0.25) is 4.79 Å². The lowest BCUT2D eigenvalue weighted by atomic mass is 9.91. The zero-order valence-corrected chi connectivity index (χ0v) is 13.5. The van der Waals surface area contributed by atoms with Gasteiger partial charge in [0.05, 0.1) is 18.6 Å². The monoisotopic (exact) mass is 300 g/mol. The summed E-state index contributed by atoms with van der Waals surface area (Å²) in [5.74, 6) is -0.919. The Morgan fingerprint density at radius 2 is 1.76 bits per heavy atom. The van der Waals surface area contributed by atoms with Crippen LogP contribution in [0.3, 0.4) is 0 Å². The van der Waals surface area contributed by atoms with Gasteiger partial charge in [-0.1, -0.05) is 12.8 Å². The number of hydrogen-bond acceptors (Lipinski definition) is 3. The molecule has 21 heavy (non-hydrogen) atoms. The van der Waals surface area contributed by atoms with Gasteiger partial charge < -0.3 is 20.0 Å². The summed E-state index contributed by atoms with van der Waals surface area (Å²) < 4.78 is 0. The molecular formula is C15H28N2O4. The number of aliphatic hydroxyl groups excluding tert-OH is 1. The molecule has 0 radical (unpaired) electrons. The van der Waals surface area contributed by atoms with E-state index in [0.29, 0.717) is 6.42 Å². The first-order valence-electron chi connectivity index (χ1n) is 7.59. The third-order valence-electron chi connectivity index (χ3n) is 4.08. The van der Waals surface area contributed by atoms with Gasteiger partial charge in [-0.05, 0) is 33.6 Å². The summed E-state index contributed by atoms with van der Waals surface area (Å²) >= 11 is 0. The van der Waals surface area contributed by atoms with Crippen molar-refractivity contribution in [2.45, 2.75) is 70.6 Å². The molecule has 122 valence electrons. The minimum absolute atomic E-state index is 0.0793. The Hall–Kier alpha value is -1.30. The number of carboxylic acid groups (broad SMARTS) is 1. The van der Waals surface area contributed by atoms with E-state index in [1.54, 1.807) is 16.8 Å². The lowest BCUT2D eigenvalue weighted by Crippen LogP contribution is -2.56. The van der Waals surface area contributed by atoms with Crippen LogP contribution >= 0.6 is 0 Å². The van der Waals surface area contributed by atoms with Gasteiger partial charge in [-0.25, -0.2) is 4.79 Å². The van der Waals surface area contributed by atoms with E-state index in [4.69, 9.17) is 5.11 Å². The molecule has 0 heterocycles. The maximum Gasteiger partial charge on any atom is 0.320 e. The van der Waals surface area contributed by atoms with Crippen LogP contribution in [0.2, 0.25) is 0 Å². The molecule has 6 nitrogen and oxygen atoms in total. The van der Waals surface area contributed by atoms with Crippen molar-refractivity contribution in [3.05, 3.63) is 0 Å². The molecule has 1 saturated carbocycles. The number of carboxylic acids is 1. The fourth-order valence-electron chi connectivity index (χ4n) is 2.80. The van der Waals surface area contributed by atoms with Crippen molar-refractivity contribution < 1.29 is 19.8 Å². The van der Waals surface area contributed by atoms with Gasteiger partial charge in [-0.15, -0.1) is 0 Å². The third-order valence-corrected chi connectivity index (χ3v) is 4.08. The molecule has 1 aliphatic carbocycles. The summed E-state index contributed by atoms with van der Waals surface area (Å²) in [6.45, 7) is 5.83. The first kappa shape index (κ1) is 17.8. The van der Waals surface area contributed by atoms with Crippen LogP contribution in [-0.4, -0.2) is 63.3 Å². The van der Waals surface area contributed by atoms with E-state index in [-0.39, 0.29) is 25.0 Å². The van der Waals surface area contributed by atoms with Gasteiger partial charge in [0.2, 0.25) is 0 Å². The summed E-state index contributed by atoms with van der Waals surface area (Å²) in [7, 11) is 1.70. The molecule has 2 unspecified atom stereocenters. The molecule has 0 bridgehead atoms. The van der Waals surface area contributed by atoms with E-state index in [1.165, 1.54) is 0 Å². The van der Waals surface area contributed by atoms with E-state index in [1.807, 2.05) is 20.8 Å². The molecule has 1 aliphatic rings. The molecule has 1 rings (SSSR count). The minimum Gasteiger partial charge on any atom is -0.481 e. The first-order chi connectivity index (χ1) is 9.64. The Bertz CT molecular complexity index is 378. The predicted octanol–water partition coefficient (Wildman–Crippen LogP) is 1.92. The fraction of sp³-hybridized carbons (Fsp3) is 0.867. The molecule has 0 aromatic carbocycles. The zero-order chi connectivity index (χ0) is 16.2. The number of likely N-dealkylation sites (N-methyl/N-ethyl adjacent to an activating group) is 1. The lowest BCUT2D eigenvalue weighted by molar-refractivity contribution is -0.137. The quantitative estimate of drug-likeness (QED) is 0.831. The van der Waals surface area contributed by atoms with Gasteiger partial charge in [0, 0.05) is 19.1 Å². The van der Waals surface area contributed by atoms with Crippen LogP contribution < -0.4 is 0 Å². The third kappa shape index (κ3) is 4.88. The van der Waals surface area contributed by atoms with Crippen LogP contribution in [0.4, 0.5) is 4.79 Å². The first-order valence-corrected chi connectivity index (χ1v) is 7.59. The Morgan fingerprint density at radius 1 is 1.19 bits per heavy atom. The largest absolute Gasteiger partial charge is 0.481 e. The molecule has 2 atom stereocenters. The summed E-state index contributed by atoms with van der Waals surface area (Å²) in [4.78, 5) is 26.6. The second kappa shape index (κ2) is 7.11. The molecule has 0 aromatic heterocycles. The van der Waals surface area contributed by atoms with Crippen LogP contribution in [0.5, 0.6) is 0 Å². The number of amides is 2. The number of carbonyl (C=O) groups excluding carboxylic acids is 1. The lowest BCUT2D eigenvalue weighted by Gasteiger charge is -2.42.